The summed E-state index contributed by atoms with van der Waals surface area (Å²) in [5, 5.41) is 12.4. The third-order valence-corrected chi connectivity index (χ3v) is 4.27. The van der Waals surface area contributed by atoms with E-state index < -0.39 is 17.9 Å². The molecule has 2 aromatic carbocycles. The van der Waals surface area contributed by atoms with Gasteiger partial charge in [0.15, 0.2) is 6.61 Å². The second-order valence-corrected chi connectivity index (χ2v) is 6.13. The number of nitrogens with zero attached hydrogens (tertiary/aromatic N) is 1. The molecule has 1 heterocycles. The van der Waals surface area contributed by atoms with Gasteiger partial charge in [-0.25, -0.2) is 4.79 Å². The molecule has 0 aliphatic carbocycles. The number of nitrogens with one attached hydrogen (secondary N) is 2. The van der Waals surface area contributed by atoms with Crippen LogP contribution in [0.15, 0.2) is 54.7 Å². The second-order valence-electron chi connectivity index (χ2n) is 6.13. The van der Waals surface area contributed by atoms with Crippen LogP contribution in [0.2, 0.25) is 0 Å². The number of amides is 1. The van der Waals surface area contributed by atoms with E-state index in [4.69, 9.17) is 14.7 Å². The van der Waals surface area contributed by atoms with Gasteiger partial charge in [-0.15, -0.1) is 0 Å². The summed E-state index contributed by atoms with van der Waals surface area (Å²) in [7, 11) is 1.28. The van der Waals surface area contributed by atoms with Crippen LogP contribution in [0.4, 0.5) is 0 Å². The van der Waals surface area contributed by atoms with Crippen molar-refractivity contribution in [3.63, 3.8) is 0 Å². The van der Waals surface area contributed by atoms with Crippen LogP contribution in [0.1, 0.15) is 11.1 Å². The van der Waals surface area contributed by atoms with Crippen molar-refractivity contribution in [3.05, 3.63) is 65.9 Å². The quantitative estimate of drug-likeness (QED) is 0.615. The van der Waals surface area contributed by atoms with Gasteiger partial charge in [-0.05, 0) is 35.9 Å². The summed E-state index contributed by atoms with van der Waals surface area (Å²) >= 11 is 0. The molecule has 0 spiro atoms. The van der Waals surface area contributed by atoms with Crippen LogP contribution in [-0.2, 0) is 20.7 Å². The molecule has 0 unspecified atom stereocenters. The molecule has 1 amide bonds. The molecule has 142 valence electrons. The van der Waals surface area contributed by atoms with E-state index in [1.54, 1.807) is 24.3 Å². The normalized spacial score (nSPS) is 11.4. The predicted molar refractivity (Wildman–Crippen MR) is 103 cm³/mol. The van der Waals surface area contributed by atoms with Gasteiger partial charge in [-0.2, -0.15) is 5.26 Å². The van der Waals surface area contributed by atoms with Gasteiger partial charge >= 0.3 is 5.97 Å². The number of H-pyrrole nitrogens is 1. The van der Waals surface area contributed by atoms with Crippen LogP contribution in [-0.4, -0.2) is 36.6 Å². The van der Waals surface area contributed by atoms with Gasteiger partial charge in [0.1, 0.15) is 11.8 Å². The number of methoxy groups -OCH3 is 1. The number of carbonyl (C=O) groups excluding carboxylic acids is 2. The van der Waals surface area contributed by atoms with Gasteiger partial charge in [0.25, 0.3) is 5.91 Å². The maximum atomic E-state index is 12.3. The standard InChI is InChI=1S/C21H19N3O4/c1-27-21(26)19(10-15-12-23-18-5-3-2-4-17(15)18)24-20(25)13-28-16-8-6-14(11-22)7-9-16/h2-9,12,19,23H,10,13H2,1H3,(H,24,25)/t19-/m0/s1. The van der Waals surface area contributed by atoms with Gasteiger partial charge in [0.2, 0.25) is 0 Å². The summed E-state index contributed by atoms with van der Waals surface area (Å²) in [6.07, 6.45) is 2.11. The zero-order valence-electron chi connectivity index (χ0n) is 15.3. The molecular weight excluding hydrogens is 358 g/mol. The Morgan fingerprint density at radius 3 is 2.64 bits per heavy atom. The summed E-state index contributed by atoms with van der Waals surface area (Å²) < 4.78 is 10.2. The number of aromatic amines is 1. The second kappa shape index (κ2) is 8.73. The van der Waals surface area contributed by atoms with Gasteiger partial charge in [0, 0.05) is 23.5 Å². The Labute approximate surface area is 161 Å². The molecule has 0 aliphatic rings. The number of esters is 1. The van der Waals surface area contributed by atoms with Gasteiger partial charge in [0.05, 0.1) is 18.7 Å². The number of para-hydroxylation sites is 1. The summed E-state index contributed by atoms with van der Waals surface area (Å²) in [6.45, 7) is -0.257. The fraction of sp³-hybridized carbons (Fsp3) is 0.190. The first-order valence-corrected chi connectivity index (χ1v) is 8.66. The minimum Gasteiger partial charge on any atom is -0.484 e. The number of hydrogen-bond acceptors (Lipinski definition) is 5. The Kier molecular flexibility index (Phi) is 5.92. The maximum Gasteiger partial charge on any atom is 0.328 e. The molecule has 7 nitrogen and oxygen atoms in total. The van der Waals surface area contributed by atoms with E-state index in [0.717, 1.165) is 16.5 Å². The Morgan fingerprint density at radius 2 is 1.93 bits per heavy atom. The highest BCUT2D eigenvalue weighted by Gasteiger charge is 2.23. The predicted octanol–water partition coefficient (Wildman–Crippen LogP) is 2.32. The Bertz CT molecular complexity index is 1020. The minimum atomic E-state index is -0.832. The molecule has 0 radical (unpaired) electrons. The molecule has 0 saturated heterocycles. The van der Waals surface area contributed by atoms with Crippen molar-refractivity contribution >= 4 is 22.8 Å². The van der Waals surface area contributed by atoms with E-state index in [2.05, 4.69) is 10.3 Å². The lowest BCUT2D eigenvalue weighted by Crippen LogP contribution is -2.44. The third kappa shape index (κ3) is 4.48. The van der Waals surface area contributed by atoms with E-state index in [1.165, 1.54) is 7.11 Å². The monoisotopic (exact) mass is 377 g/mol. The first-order valence-electron chi connectivity index (χ1n) is 8.66. The summed E-state index contributed by atoms with van der Waals surface area (Å²) in [6, 6.07) is 15.3. The number of hydrogen-bond donors (Lipinski definition) is 2. The van der Waals surface area contributed by atoms with Crippen LogP contribution >= 0.6 is 0 Å². The minimum absolute atomic E-state index is 0.257. The number of benzene rings is 2. The SMILES string of the molecule is COC(=O)[C@H](Cc1c[nH]c2ccccc12)NC(=O)COc1ccc(C#N)cc1. The Hall–Kier alpha value is -3.79. The van der Waals surface area contributed by atoms with Crippen molar-refractivity contribution in [2.45, 2.75) is 12.5 Å². The van der Waals surface area contributed by atoms with Crippen molar-refractivity contribution in [3.8, 4) is 11.8 Å². The topological polar surface area (TPSA) is 104 Å². The molecular formula is C21H19N3O4. The highest BCUT2D eigenvalue weighted by atomic mass is 16.5. The zero-order valence-corrected chi connectivity index (χ0v) is 15.3. The molecule has 0 aliphatic heterocycles. The molecule has 2 N–H and O–H groups in total. The molecule has 0 bridgehead atoms. The first-order chi connectivity index (χ1) is 13.6. The number of ether oxygens (including phenoxy) is 2. The van der Waals surface area contributed by atoms with E-state index in [9.17, 15) is 9.59 Å². The highest BCUT2D eigenvalue weighted by molar-refractivity contribution is 5.87. The van der Waals surface area contributed by atoms with Crippen molar-refractivity contribution in [2.75, 3.05) is 13.7 Å². The van der Waals surface area contributed by atoms with Crippen LogP contribution < -0.4 is 10.1 Å². The largest absolute Gasteiger partial charge is 0.484 e. The fourth-order valence-electron chi connectivity index (χ4n) is 2.87. The van der Waals surface area contributed by atoms with Crippen molar-refractivity contribution < 1.29 is 19.1 Å². The summed E-state index contributed by atoms with van der Waals surface area (Å²) in [5.74, 6) is -0.517. The molecule has 0 saturated carbocycles. The number of rotatable bonds is 7. The molecule has 1 aromatic heterocycles. The molecule has 1 atom stereocenters. The number of aromatic nitrogens is 1. The van der Waals surface area contributed by atoms with E-state index in [0.29, 0.717) is 17.7 Å². The first kappa shape index (κ1) is 19.0. The van der Waals surface area contributed by atoms with Gasteiger partial charge < -0.3 is 19.8 Å². The van der Waals surface area contributed by atoms with Crippen molar-refractivity contribution in [1.29, 1.82) is 5.26 Å². The molecule has 3 aromatic rings. The van der Waals surface area contributed by atoms with Crippen molar-refractivity contribution in [2.24, 2.45) is 0 Å². The fourth-order valence-corrected chi connectivity index (χ4v) is 2.87. The van der Waals surface area contributed by atoms with Crippen LogP contribution in [0, 0.1) is 11.3 Å². The summed E-state index contributed by atoms with van der Waals surface area (Å²) in [5.41, 5.74) is 2.36. The lowest BCUT2D eigenvalue weighted by atomic mass is 10.0. The third-order valence-electron chi connectivity index (χ3n) is 4.27. The molecule has 28 heavy (non-hydrogen) atoms. The Balaban J connectivity index is 1.64. The number of fused-ring (bicyclic) bond motifs is 1. The van der Waals surface area contributed by atoms with Crippen LogP contribution in [0.5, 0.6) is 5.75 Å². The average Bonchev–Trinajstić information content (AvgIpc) is 3.14. The molecule has 7 heteroatoms. The summed E-state index contributed by atoms with van der Waals surface area (Å²) in [4.78, 5) is 27.5. The van der Waals surface area contributed by atoms with E-state index in [1.807, 2.05) is 36.5 Å². The maximum absolute atomic E-state index is 12.3. The zero-order chi connectivity index (χ0) is 19.9. The smallest absolute Gasteiger partial charge is 0.328 e. The molecule has 0 fully saturated rings. The van der Waals surface area contributed by atoms with Crippen LogP contribution in [0.3, 0.4) is 0 Å². The molecule has 3 rings (SSSR count). The number of carbonyl (C=O) groups is 2. The lowest BCUT2D eigenvalue weighted by molar-refractivity contribution is -0.145. The van der Waals surface area contributed by atoms with E-state index >= 15 is 0 Å². The average molecular weight is 377 g/mol. The number of nitriles is 1. The highest BCUT2D eigenvalue weighted by Crippen LogP contribution is 2.19. The van der Waals surface area contributed by atoms with Gasteiger partial charge in [-0.3, -0.25) is 4.79 Å². The van der Waals surface area contributed by atoms with Crippen LogP contribution in [0.25, 0.3) is 10.9 Å². The lowest BCUT2D eigenvalue weighted by Gasteiger charge is -2.16. The van der Waals surface area contributed by atoms with Crippen molar-refractivity contribution in [1.82, 2.24) is 10.3 Å². The van der Waals surface area contributed by atoms with E-state index in [-0.39, 0.29) is 6.61 Å². The van der Waals surface area contributed by atoms with Gasteiger partial charge in [-0.1, -0.05) is 18.2 Å². The Morgan fingerprint density at radius 1 is 1.18 bits per heavy atom.